The second-order valence-corrected chi connectivity index (χ2v) is 4.80. The van der Waals surface area contributed by atoms with E-state index in [1.54, 1.807) is 24.3 Å². The van der Waals surface area contributed by atoms with E-state index >= 15 is 0 Å². The minimum absolute atomic E-state index is 0.170. The Morgan fingerprint density at radius 2 is 1.73 bits per heavy atom. The van der Waals surface area contributed by atoms with E-state index in [1.807, 2.05) is 13.0 Å². The maximum absolute atomic E-state index is 13.6. The zero-order valence-corrected chi connectivity index (χ0v) is 12.7. The van der Waals surface area contributed by atoms with Crippen molar-refractivity contribution in [2.45, 2.75) is 6.92 Å². The summed E-state index contributed by atoms with van der Waals surface area (Å²) in [5.41, 5.74) is 2.03. The standard InChI is InChI=1S/C18H17FO3/c1-12-4-8-17(21-2)14(10-12)16(20)7-5-13-6-9-18(22-3)15(19)11-13/h4-11H,1-3H3/b7-5+. The lowest BCUT2D eigenvalue weighted by Crippen LogP contribution is -1.99. The second-order valence-electron chi connectivity index (χ2n) is 4.80. The lowest BCUT2D eigenvalue weighted by molar-refractivity contribution is 0.104. The Balaban J connectivity index is 2.25. The molecule has 0 aliphatic carbocycles. The van der Waals surface area contributed by atoms with E-state index in [9.17, 15) is 9.18 Å². The van der Waals surface area contributed by atoms with Crippen molar-refractivity contribution < 1.29 is 18.7 Å². The number of ketones is 1. The number of aryl methyl sites for hydroxylation is 1. The normalized spacial score (nSPS) is 10.7. The molecule has 4 heteroatoms. The minimum Gasteiger partial charge on any atom is -0.496 e. The molecule has 0 atom stereocenters. The molecule has 2 aromatic rings. The van der Waals surface area contributed by atoms with Gasteiger partial charge in [0.25, 0.3) is 0 Å². The summed E-state index contributed by atoms with van der Waals surface area (Å²) in [7, 11) is 2.92. The maximum atomic E-state index is 13.6. The fourth-order valence-electron chi connectivity index (χ4n) is 2.06. The van der Waals surface area contributed by atoms with Gasteiger partial charge in [-0.05, 0) is 42.8 Å². The third kappa shape index (κ3) is 3.52. The van der Waals surface area contributed by atoms with Gasteiger partial charge >= 0.3 is 0 Å². The van der Waals surface area contributed by atoms with Crippen LogP contribution in [0.1, 0.15) is 21.5 Å². The van der Waals surface area contributed by atoms with E-state index in [0.29, 0.717) is 16.9 Å². The van der Waals surface area contributed by atoms with Gasteiger partial charge in [0.2, 0.25) is 0 Å². The summed E-state index contributed by atoms with van der Waals surface area (Å²) < 4.78 is 23.7. The van der Waals surface area contributed by atoms with Crippen LogP contribution < -0.4 is 9.47 Å². The molecular weight excluding hydrogens is 283 g/mol. The van der Waals surface area contributed by atoms with Gasteiger partial charge < -0.3 is 9.47 Å². The van der Waals surface area contributed by atoms with E-state index in [1.165, 1.54) is 32.4 Å². The highest BCUT2D eigenvalue weighted by atomic mass is 19.1. The molecule has 0 saturated heterocycles. The van der Waals surface area contributed by atoms with Crippen LogP contribution in [0.25, 0.3) is 6.08 Å². The van der Waals surface area contributed by atoms with Crippen molar-refractivity contribution >= 4 is 11.9 Å². The summed E-state index contributed by atoms with van der Waals surface area (Å²) >= 11 is 0. The average Bonchev–Trinajstić information content (AvgIpc) is 2.52. The molecule has 114 valence electrons. The average molecular weight is 300 g/mol. The van der Waals surface area contributed by atoms with Crippen molar-refractivity contribution in [1.29, 1.82) is 0 Å². The Hall–Kier alpha value is -2.62. The Bertz CT molecular complexity index is 720. The van der Waals surface area contributed by atoms with Gasteiger partial charge in [0.05, 0.1) is 19.8 Å². The van der Waals surface area contributed by atoms with Crippen LogP contribution in [0.15, 0.2) is 42.5 Å². The number of allylic oxidation sites excluding steroid dienone is 1. The van der Waals surface area contributed by atoms with Crippen molar-refractivity contribution in [3.8, 4) is 11.5 Å². The van der Waals surface area contributed by atoms with Crippen molar-refractivity contribution in [3.05, 3.63) is 65.0 Å². The van der Waals surface area contributed by atoms with Gasteiger partial charge in [-0.25, -0.2) is 4.39 Å². The van der Waals surface area contributed by atoms with Gasteiger partial charge in [0.1, 0.15) is 5.75 Å². The first-order chi connectivity index (χ1) is 10.5. The van der Waals surface area contributed by atoms with E-state index in [0.717, 1.165) is 5.56 Å². The number of carbonyl (C=O) groups is 1. The molecule has 0 heterocycles. The summed E-state index contributed by atoms with van der Waals surface area (Å²) in [4.78, 5) is 12.3. The topological polar surface area (TPSA) is 35.5 Å². The van der Waals surface area contributed by atoms with Crippen LogP contribution >= 0.6 is 0 Å². The lowest BCUT2D eigenvalue weighted by Gasteiger charge is -2.06. The van der Waals surface area contributed by atoms with Crippen molar-refractivity contribution in [2.75, 3.05) is 14.2 Å². The largest absolute Gasteiger partial charge is 0.496 e. The molecule has 0 unspecified atom stereocenters. The quantitative estimate of drug-likeness (QED) is 0.617. The molecule has 0 bridgehead atoms. The van der Waals surface area contributed by atoms with E-state index in [-0.39, 0.29) is 11.5 Å². The van der Waals surface area contributed by atoms with Gasteiger partial charge in [-0.15, -0.1) is 0 Å². The fraction of sp³-hybridized carbons (Fsp3) is 0.167. The van der Waals surface area contributed by atoms with Crippen LogP contribution in [-0.2, 0) is 0 Å². The van der Waals surface area contributed by atoms with Crippen LogP contribution in [0.5, 0.6) is 11.5 Å². The number of methoxy groups -OCH3 is 2. The zero-order valence-electron chi connectivity index (χ0n) is 12.7. The maximum Gasteiger partial charge on any atom is 0.189 e. The molecule has 0 aliphatic heterocycles. The Labute approximate surface area is 129 Å². The molecule has 0 amide bonds. The van der Waals surface area contributed by atoms with Crippen LogP contribution in [0.2, 0.25) is 0 Å². The van der Waals surface area contributed by atoms with Crippen LogP contribution in [0.4, 0.5) is 4.39 Å². The smallest absolute Gasteiger partial charge is 0.189 e. The van der Waals surface area contributed by atoms with Gasteiger partial charge in [0.15, 0.2) is 17.3 Å². The molecule has 0 N–H and O–H groups in total. The molecule has 0 spiro atoms. The Morgan fingerprint density at radius 1 is 1.05 bits per heavy atom. The molecular formula is C18H17FO3. The van der Waals surface area contributed by atoms with Gasteiger partial charge in [-0.3, -0.25) is 4.79 Å². The number of benzene rings is 2. The number of rotatable bonds is 5. The van der Waals surface area contributed by atoms with Crippen molar-refractivity contribution in [2.24, 2.45) is 0 Å². The molecule has 0 aromatic heterocycles. The number of carbonyl (C=O) groups excluding carboxylic acids is 1. The second kappa shape index (κ2) is 6.89. The zero-order chi connectivity index (χ0) is 16.1. The van der Waals surface area contributed by atoms with Crippen LogP contribution in [0, 0.1) is 12.7 Å². The number of hydrogen-bond acceptors (Lipinski definition) is 3. The van der Waals surface area contributed by atoms with Crippen LogP contribution in [0.3, 0.4) is 0 Å². The molecule has 2 aromatic carbocycles. The first-order valence-corrected chi connectivity index (χ1v) is 6.75. The fourth-order valence-corrected chi connectivity index (χ4v) is 2.06. The third-order valence-electron chi connectivity index (χ3n) is 3.22. The lowest BCUT2D eigenvalue weighted by atomic mass is 10.1. The first kappa shape index (κ1) is 15.8. The van der Waals surface area contributed by atoms with E-state index in [4.69, 9.17) is 9.47 Å². The van der Waals surface area contributed by atoms with E-state index < -0.39 is 5.82 Å². The molecule has 22 heavy (non-hydrogen) atoms. The van der Waals surface area contributed by atoms with E-state index in [2.05, 4.69) is 0 Å². The summed E-state index contributed by atoms with van der Waals surface area (Å²) in [5, 5.41) is 0. The number of halogens is 1. The van der Waals surface area contributed by atoms with Crippen molar-refractivity contribution in [3.63, 3.8) is 0 Å². The highest BCUT2D eigenvalue weighted by molar-refractivity contribution is 6.08. The highest BCUT2D eigenvalue weighted by Crippen LogP contribution is 2.22. The molecule has 0 saturated carbocycles. The SMILES string of the molecule is COc1ccc(/C=C/C(=O)c2cc(C)ccc2OC)cc1F. The first-order valence-electron chi connectivity index (χ1n) is 6.75. The molecule has 0 aliphatic rings. The summed E-state index contributed by atoms with van der Waals surface area (Å²) in [5.74, 6) is 0.0204. The molecule has 3 nitrogen and oxygen atoms in total. The van der Waals surface area contributed by atoms with Gasteiger partial charge in [0, 0.05) is 0 Å². The predicted octanol–water partition coefficient (Wildman–Crippen LogP) is 4.05. The number of ether oxygens (including phenoxy) is 2. The third-order valence-corrected chi connectivity index (χ3v) is 3.22. The predicted molar refractivity (Wildman–Crippen MR) is 84.0 cm³/mol. The molecule has 2 rings (SSSR count). The summed E-state index contributed by atoms with van der Waals surface area (Å²) in [6, 6.07) is 9.91. The Morgan fingerprint density at radius 3 is 2.36 bits per heavy atom. The number of hydrogen-bond donors (Lipinski definition) is 0. The highest BCUT2D eigenvalue weighted by Gasteiger charge is 2.10. The molecule has 0 radical (unpaired) electrons. The Kier molecular flexibility index (Phi) is 4.94. The molecule has 0 fully saturated rings. The summed E-state index contributed by atoms with van der Waals surface area (Å²) in [6.45, 7) is 1.90. The van der Waals surface area contributed by atoms with Crippen LogP contribution in [-0.4, -0.2) is 20.0 Å². The van der Waals surface area contributed by atoms with Gasteiger partial charge in [-0.1, -0.05) is 23.8 Å². The van der Waals surface area contributed by atoms with Crippen molar-refractivity contribution in [1.82, 2.24) is 0 Å². The monoisotopic (exact) mass is 300 g/mol. The van der Waals surface area contributed by atoms with Gasteiger partial charge in [-0.2, -0.15) is 0 Å². The minimum atomic E-state index is -0.467. The summed E-state index contributed by atoms with van der Waals surface area (Å²) in [6.07, 6.45) is 2.96.